The number of hydrogen-bond acceptors (Lipinski definition) is 5. The third-order valence-corrected chi connectivity index (χ3v) is 7.86. The lowest BCUT2D eigenvalue weighted by Crippen LogP contribution is -2.48. The molecule has 184 valence electrons. The van der Waals surface area contributed by atoms with Gasteiger partial charge >= 0.3 is 0 Å². The van der Waals surface area contributed by atoms with Gasteiger partial charge in [0.05, 0.1) is 4.91 Å². The molecular formula is C26H27Cl2N3O3S. The van der Waals surface area contributed by atoms with E-state index < -0.39 is 17.1 Å². The molecule has 0 radical (unpaired) electrons. The number of imide groups is 1. The number of thioether (sulfide) groups is 1. The monoisotopic (exact) mass is 531 g/mol. The second kappa shape index (κ2) is 9.88. The molecule has 1 N–H and O–H groups in total. The third kappa shape index (κ3) is 5.22. The van der Waals surface area contributed by atoms with Gasteiger partial charge in [-0.2, -0.15) is 0 Å². The molecule has 1 unspecified atom stereocenters. The Kier molecular flexibility index (Phi) is 7.23. The summed E-state index contributed by atoms with van der Waals surface area (Å²) in [6.07, 6.45) is 2.64. The summed E-state index contributed by atoms with van der Waals surface area (Å²) in [4.78, 5) is 41.5. The molecule has 0 spiro atoms. The Hall–Kier alpha value is -2.48. The number of benzene rings is 2. The first-order chi connectivity index (χ1) is 16.5. The number of nitrogens with one attached hydrogen (secondary N) is 1. The molecule has 6 nitrogen and oxygen atoms in total. The van der Waals surface area contributed by atoms with E-state index in [1.54, 1.807) is 30.3 Å². The smallest absolute Gasteiger partial charge is 0.294 e. The number of rotatable bonds is 5. The quantitative estimate of drug-likeness (QED) is 0.430. The molecule has 9 heteroatoms. The average Bonchev–Trinajstić information content (AvgIpc) is 3.02. The Labute approximate surface area is 219 Å². The van der Waals surface area contributed by atoms with E-state index in [-0.39, 0.29) is 17.0 Å². The fourth-order valence-corrected chi connectivity index (χ4v) is 6.15. The first kappa shape index (κ1) is 25.6. The topological polar surface area (TPSA) is 69.7 Å². The number of nitrogens with zero attached hydrogens (tertiary/aromatic N) is 2. The van der Waals surface area contributed by atoms with Crippen molar-refractivity contribution in [2.45, 2.75) is 45.6 Å². The van der Waals surface area contributed by atoms with Crippen molar-refractivity contribution in [3.8, 4) is 0 Å². The van der Waals surface area contributed by atoms with E-state index in [4.69, 9.17) is 23.2 Å². The first-order valence-electron chi connectivity index (χ1n) is 11.4. The van der Waals surface area contributed by atoms with E-state index in [1.165, 1.54) is 5.56 Å². The van der Waals surface area contributed by atoms with Crippen LogP contribution in [-0.2, 0) is 9.59 Å². The van der Waals surface area contributed by atoms with Gasteiger partial charge in [-0.3, -0.25) is 19.3 Å². The van der Waals surface area contributed by atoms with Crippen molar-refractivity contribution in [3.05, 3.63) is 62.5 Å². The predicted molar refractivity (Wildman–Crippen MR) is 144 cm³/mol. The number of carbonyl (C=O) groups excluding carboxylic acids is 3. The molecule has 2 aliphatic heterocycles. The van der Waals surface area contributed by atoms with E-state index in [2.05, 4.69) is 37.9 Å². The molecule has 1 atom stereocenters. The van der Waals surface area contributed by atoms with E-state index >= 15 is 0 Å². The average molecular weight is 532 g/mol. The van der Waals surface area contributed by atoms with Crippen molar-refractivity contribution >= 4 is 69.5 Å². The van der Waals surface area contributed by atoms with Crippen LogP contribution >= 0.6 is 35.0 Å². The molecule has 0 aromatic heterocycles. The van der Waals surface area contributed by atoms with E-state index in [9.17, 15) is 14.4 Å². The van der Waals surface area contributed by atoms with Crippen LogP contribution in [0.1, 0.15) is 51.2 Å². The summed E-state index contributed by atoms with van der Waals surface area (Å²) in [6, 6.07) is 10.6. The number of hydrogen-bond donors (Lipinski definition) is 1. The Morgan fingerprint density at radius 2 is 1.97 bits per heavy atom. The van der Waals surface area contributed by atoms with Gasteiger partial charge in [0.1, 0.15) is 6.54 Å². The summed E-state index contributed by atoms with van der Waals surface area (Å²) in [5.41, 5.74) is 3.46. The van der Waals surface area contributed by atoms with Crippen LogP contribution in [0.2, 0.25) is 10.0 Å². The number of fused-ring (bicyclic) bond motifs is 1. The maximum absolute atomic E-state index is 13.0. The largest absolute Gasteiger partial charge is 0.366 e. The first-order valence-corrected chi connectivity index (χ1v) is 13.0. The lowest BCUT2D eigenvalue weighted by molar-refractivity contribution is -0.127. The Balaban J connectivity index is 1.56. The summed E-state index contributed by atoms with van der Waals surface area (Å²) in [6.45, 7) is 9.26. The molecule has 2 heterocycles. The predicted octanol–water partition coefficient (Wildman–Crippen LogP) is 6.78. The molecule has 0 bridgehead atoms. The van der Waals surface area contributed by atoms with Crippen LogP contribution in [0.5, 0.6) is 0 Å². The maximum atomic E-state index is 13.0. The van der Waals surface area contributed by atoms with Gasteiger partial charge in [-0.15, -0.1) is 0 Å². The van der Waals surface area contributed by atoms with Crippen molar-refractivity contribution in [1.29, 1.82) is 0 Å². The van der Waals surface area contributed by atoms with Gasteiger partial charge in [0, 0.05) is 33.5 Å². The van der Waals surface area contributed by atoms with Crippen molar-refractivity contribution in [2.75, 3.05) is 23.3 Å². The molecule has 2 aromatic carbocycles. The maximum Gasteiger partial charge on any atom is 0.294 e. The number of halogens is 2. The highest BCUT2D eigenvalue weighted by atomic mass is 35.5. The highest BCUT2D eigenvalue weighted by Crippen LogP contribution is 2.45. The van der Waals surface area contributed by atoms with Crippen molar-refractivity contribution in [3.63, 3.8) is 0 Å². The Morgan fingerprint density at radius 3 is 2.66 bits per heavy atom. The van der Waals surface area contributed by atoms with Crippen molar-refractivity contribution in [2.24, 2.45) is 0 Å². The minimum Gasteiger partial charge on any atom is -0.366 e. The SMILES string of the molecule is CCN1c2cc(Cl)c(/C=C3/SC(=O)N(CC(=O)Nc4cccc(Cl)c4)C3=O)cc2C(C)CC1(C)C. The van der Waals surface area contributed by atoms with Gasteiger partial charge in [-0.25, -0.2) is 0 Å². The minimum atomic E-state index is -0.514. The number of amides is 3. The van der Waals surface area contributed by atoms with E-state index in [0.29, 0.717) is 27.2 Å². The molecule has 0 aliphatic carbocycles. The molecule has 1 saturated heterocycles. The molecule has 2 aliphatic rings. The second-order valence-electron chi connectivity index (χ2n) is 9.42. The summed E-state index contributed by atoms with van der Waals surface area (Å²) >= 11 is 13.4. The molecule has 1 fully saturated rings. The highest BCUT2D eigenvalue weighted by Gasteiger charge is 2.38. The fraction of sp³-hybridized carbons (Fsp3) is 0.346. The van der Waals surface area contributed by atoms with E-state index in [1.807, 2.05) is 12.1 Å². The van der Waals surface area contributed by atoms with Crippen LogP contribution in [0.25, 0.3) is 6.08 Å². The zero-order chi connectivity index (χ0) is 25.5. The van der Waals surface area contributed by atoms with Crippen LogP contribution in [0, 0.1) is 0 Å². The molecule has 4 rings (SSSR count). The van der Waals surface area contributed by atoms with Gasteiger partial charge in [-0.05, 0) is 92.4 Å². The van der Waals surface area contributed by atoms with Gasteiger partial charge in [0.25, 0.3) is 11.1 Å². The third-order valence-electron chi connectivity index (χ3n) is 6.39. The Morgan fingerprint density at radius 1 is 1.23 bits per heavy atom. The van der Waals surface area contributed by atoms with Gasteiger partial charge in [0.2, 0.25) is 5.91 Å². The zero-order valence-electron chi connectivity index (χ0n) is 20.0. The van der Waals surface area contributed by atoms with Crippen LogP contribution in [0.15, 0.2) is 41.3 Å². The molecule has 0 saturated carbocycles. The lowest BCUT2D eigenvalue weighted by atomic mass is 9.79. The van der Waals surface area contributed by atoms with Crippen LogP contribution < -0.4 is 10.2 Å². The van der Waals surface area contributed by atoms with Crippen LogP contribution in [0.3, 0.4) is 0 Å². The van der Waals surface area contributed by atoms with Crippen molar-refractivity contribution < 1.29 is 14.4 Å². The number of anilines is 2. The lowest BCUT2D eigenvalue weighted by Gasteiger charge is -2.47. The Bertz CT molecular complexity index is 1240. The normalized spacial score (nSPS) is 20.4. The molecule has 3 amide bonds. The standard InChI is InChI=1S/C26H27Cl2N3O3S/c1-5-31-21-12-20(28)16(9-19(21)15(2)13-26(31,3)4)10-22-24(33)30(25(34)35-22)14-23(32)29-18-8-6-7-17(27)11-18/h6-12,15H,5,13-14H2,1-4H3,(H,29,32)/b22-10+. The molecule has 2 aromatic rings. The summed E-state index contributed by atoms with van der Waals surface area (Å²) < 4.78 is 0. The van der Waals surface area contributed by atoms with E-state index in [0.717, 1.165) is 35.3 Å². The molecule has 35 heavy (non-hydrogen) atoms. The minimum absolute atomic E-state index is 0.0142. The van der Waals surface area contributed by atoms with Crippen molar-refractivity contribution in [1.82, 2.24) is 4.90 Å². The second-order valence-corrected chi connectivity index (χ2v) is 11.3. The zero-order valence-corrected chi connectivity index (χ0v) is 22.4. The van der Waals surface area contributed by atoms with Crippen LogP contribution in [0.4, 0.5) is 16.2 Å². The van der Waals surface area contributed by atoms with Gasteiger partial charge in [0.15, 0.2) is 0 Å². The molecular weight excluding hydrogens is 505 g/mol. The fourth-order valence-electron chi connectivity index (χ4n) is 4.92. The summed E-state index contributed by atoms with van der Waals surface area (Å²) in [5.74, 6) is -0.685. The van der Waals surface area contributed by atoms with Gasteiger partial charge < -0.3 is 10.2 Å². The van der Waals surface area contributed by atoms with Gasteiger partial charge in [-0.1, -0.05) is 36.2 Å². The highest BCUT2D eigenvalue weighted by molar-refractivity contribution is 8.18. The van der Waals surface area contributed by atoms with Crippen LogP contribution in [-0.4, -0.2) is 40.6 Å². The summed E-state index contributed by atoms with van der Waals surface area (Å²) in [7, 11) is 0. The summed E-state index contributed by atoms with van der Waals surface area (Å²) in [5, 5.41) is 3.14. The number of carbonyl (C=O) groups is 3.